The third kappa shape index (κ3) is 4.31. The molecule has 1 radical (unpaired) electrons. The summed E-state index contributed by atoms with van der Waals surface area (Å²) in [6, 6.07) is 32.1. The minimum Gasteiger partial charge on any atom is -0.157 e. The molecule has 3 aromatic carbocycles. The van der Waals surface area contributed by atoms with E-state index in [0.29, 0.717) is 0 Å². The lowest BCUT2D eigenvalue weighted by Crippen LogP contribution is -2.28. The van der Waals surface area contributed by atoms with Crippen molar-refractivity contribution in [3.63, 3.8) is 0 Å². The Morgan fingerprint density at radius 2 is 0.682 bits per heavy atom. The van der Waals surface area contributed by atoms with E-state index in [0.717, 1.165) is 19.6 Å². The summed E-state index contributed by atoms with van der Waals surface area (Å²) in [5.41, 5.74) is 4.07. The Kier molecular flexibility index (Phi) is 5.01. The van der Waals surface area contributed by atoms with Crippen LogP contribution in [-0.4, -0.2) is 0 Å². The molecule has 3 aromatic rings. The molecular formula is C21H21N+. The minimum absolute atomic E-state index is 0.963. The lowest BCUT2D eigenvalue weighted by Gasteiger charge is -2.13. The molecule has 0 saturated carbocycles. The Morgan fingerprint density at radius 3 is 0.955 bits per heavy atom. The van der Waals surface area contributed by atoms with Crippen molar-refractivity contribution in [3.05, 3.63) is 108 Å². The van der Waals surface area contributed by atoms with Crippen LogP contribution in [0.2, 0.25) is 0 Å². The van der Waals surface area contributed by atoms with Crippen molar-refractivity contribution < 1.29 is 0 Å². The van der Waals surface area contributed by atoms with Gasteiger partial charge in [-0.25, -0.2) is 0 Å². The van der Waals surface area contributed by atoms with E-state index in [2.05, 4.69) is 95.9 Å². The number of benzene rings is 3. The van der Waals surface area contributed by atoms with E-state index in [4.69, 9.17) is 0 Å². The summed E-state index contributed by atoms with van der Waals surface area (Å²) >= 11 is 0. The second-order valence-corrected chi connectivity index (χ2v) is 5.60. The Bertz CT molecular complexity index is 563. The minimum atomic E-state index is 0.963. The highest BCUT2D eigenvalue weighted by Crippen LogP contribution is 2.11. The van der Waals surface area contributed by atoms with Gasteiger partial charge in [0.25, 0.3) is 0 Å². The van der Waals surface area contributed by atoms with E-state index < -0.39 is 0 Å². The van der Waals surface area contributed by atoms with Crippen LogP contribution in [0.25, 0.3) is 0 Å². The summed E-state index contributed by atoms with van der Waals surface area (Å²) in [6.07, 6.45) is 0. The molecule has 0 saturated heterocycles. The first-order chi connectivity index (χ1) is 10.9. The van der Waals surface area contributed by atoms with E-state index in [1.165, 1.54) is 16.7 Å². The fourth-order valence-electron chi connectivity index (χ4n) is 2.69. The van der Waals surface area contributed by atoms with Crippen LogP contribution >= 0.6 is 0 Å². The van der Waals surface area contributed by atoms with Crippen molar-refractivity contribution >= 4 is 0 Å². The Hall–Kier alpha value is -2.38. The van der Waals surface area contributed by atoms with Gasteiger partial charge in [0, 0.05) is 16.7 Å². The molecule has 0 bridgehead atoms. The summed E-state index contributed by atoms with van der Waals surface area (Å²) in [5, 5.41) is 0. The lowest BCUT2D eigenvalue weighted by atomic mass is 10.1. The maximum atomic E-state index is 2.49. The highest BCUT2D eigenvalue weighted by molar-refractivity contribution is 5.20. The van der Waals surface area contributed by atoms with Gasteiger partial charge >= 0.3 is 0 Å². The molecule has 1 heteroatoms. The zero-order chi connectivity index (χ0) is 15.0. The SMILES string of the molecule is c1ccc(C[N+](Cc2ccccc2)Cc2ccccc2)cc1. The molecule has 0 heterocycles. The van der Waals surface area contributed by atoms with E-state index >= 15 is 0 Å². The molecule has 0 spiro atoms. The van der Waals surface area contributed by atoms with Crippen LogP contribution in [0.4, 0.5) is 0 Å². The molecule has 22 heavy (non-hydrogen) atoms. The van der Waals surface area contributed by atoms with Crippen LogP contribution in [0.15, 0.2) is 91.0 Å². The maximum absolute atomic E-state index is 2.49. The third-order valence-electron chi connectivity index (χ3n) is 3.75. The molecule has 0 atom stereocenters. The zero-order valence-electron chi connectivity index (χ0n) is 12.7. The van der Waals surface area contributed by atoms with Gasteiger partial charge in [0.2, 0.25) is 0 Å². The predicted molar refractivity (Wildman–Crippen MR) is 92.6 cm³/mol. The topological polar surface area (TPSA) is 5.90 Å². The van der Waals surface area contributed by atoms with Crippen LogP contribution in [0.1, 0.15) is 16.7 Å². The monoisotopic (exact) mass is 287 g/mol. The second-order valence-electron chi connectivity index (χ2n) is 5.60. The second kappa shape index (κ2) is 7.58. The summed E-state index contributed by atoms with van der Waals surface area (Å²) < 4.78 is 0. The summed E-state index contributed by atoms with van der Waals surface area (Å²) in [4.78, 5) is 2.49. The normalized spacial score (nSPS) is 10.8. The molecule has 109 valence electrons. The number of hydrogen-bond donors (Lipinski definition) is 0. The average molecular weight is 287 g/mol. The number of hydrogen-bond acceptors (Lipinski definition) is 1. The van der Waals surface area contributed by atoms with E-state index in [1.54, 1.807) is 0 Å². The van der Waals surface area contributed by atoms with Gasteiger partial charge < -0.3 is 0 Å². The van der Waals surface area contributed by atoms with E-state index in [9.17, 15) is 0 Å². The third-order valence-corrected chi connectivity index (χ3v) is 3.75. The van der Waals surface area contributed by atoms with Crippen LogP contribution < -0.4 is 4.90 Å². The van der Waals surface area contributed by atoms with Crippen molar-refractivity contribution in [2.24, 2.45) is 0 Å². The standard InChI is InChI=1S/C21H21N/c1-4-10-19(11-5-1)16-22(17-20-12-6-2-7-13-20)18-21-14-8-3-9-15-21/h1-15H,16-18H2/q+1. The molecule has 1 nitrogen and oxygen atoms in total. The van der Waals surface area contributed by atoms with E-state index in [1.807, 2.05) is 0 Å². The van der Waals surface area contributed by atoms with Crippen molar-refractivity contribution in [2.75, 3.05) is 0 Å². The predicted octanol–water partition coefficient (Wildman–Crippen LogP) is 4.73. The van der Waals surface area contributed by atoms with Crippen LogP contribution in [0, 0.1) is 0 Å². The largest absolute Gasteiger partial charge is 0.157 e. The van der Waals surface area contributed by atoms with Gasteiger partial charge in [0.05, 0.1) is 0 Å². The highest BCUT2D eigenvalue weighted by Gasteiger charge is 2.17. The van der Waals surface area contributed by atoms with Crippen LogP contribution in [0.5, 0.6) is 0 Å². The van der Waals surface area contributed by atoms with Gasteiger partial charge in [-0.3, -0.25) is 0 Å². The smallest absolute Gasteiger partial charge is 0.148 e. The highest BCUT2D eigenvalue weighted by atomic mass is 15.1. The molecule has 0 fully saturated rings. The Labute approximate surface area is 132 Å². The van der Waals surface area contributed by atoms with Crippen molar-refractivity contribution in [3.8, 4) is 0 Å². The molecule has 0 aliphatic rings. The molecule has 0 unspecified atom stereocenters. The lowest BCUT2D eigenvalue weighted by molar-refractivity contribution is 0.390. The quantitative estimate of drug-likeness (QED) is 0.578. The summed E-state index contributed by atoms with van der Waals surface area (Å²) in [6.45, 7) is 2.89. The van der Waals surface area contributed by atoms with Gasteiger partial charge in [-0.05, 0) is 0 Å². The fourth-order valence-corrected chi connectivity index (χ4v) is 2.69. The molecule has 0 N–H and O–H groups in total. The average Bonchev–Trinajstić information content (AvgIpc) is 2.57. The summed E-state index contributed by atoms with van der Waals surface area (Å²) in [5.74, 6) is 0. The first kappa shape index (κ1) is 14.6. The van der Waals surface area contributed by atoms with Gasteiger partial charge in [0.1, 0.15) is 19.6 Å². The summed E-state index contributed by atoms with van der Waals surface area (Å²) in [7, 11) is 0. The molecule has 3 rings (SSSR count). The number of nitrogens with zero attached hydrogens (tertiary/aromatic N) is 1. The molecule has 0 aromatic heterocycles. The van der Waals surface area contributed by atoms with Crippen molar-refractivity contribution in [2.45, 2.75) is 19.6 Å². The first-order valence-corrected chi connectivity index (χ1v) is 7.74. The van der Waals surface area contributed by atoms with Crippen LogP contribution in [-0.2, 0) is 19.6 Å². The van der Waals surface area contributed by atoms with Gasteiger partial charge in [0.15, 0.2) is 0 Å². The number of rotatable bonds is 6. The van der Waals surface area contributed by atoms with Crippen LogP contribution in [0.3, 0.4) is 0 Å². The zero-order valence-corrected chi connectivity index (χ0v) is 12.7. The van der Waals surface area contributed by atoms with Gasteiger partial charge in [-0.2, -0.15) is 4.90 Å². The fraction of sp³-hybridized carbons (Fsp3) is 0.143. The molecule has 0 aliphatic heterocycles. The maximum Gasteiger partial charge on any atom is 0.148 e. The molecule has 0 amide bonds. The van der Waals surface area contributed by atoms with Gasteiger partial charge in [-0.15, -0.1) is 0 Å². The molecule has 0 aliphatic carbocycles. The Balaban J connectivity index is 1.75. The van der Waals surface area contributed by atoms with Gasteiger partial charge in [-0.1, -0.05) is 91.0 Å². The van der Waals surface area contributed by atoms with Crippen molar-refractivity contribution in [1.82, 2.24) is 4.90 Å². The first-order valence-electron chi connectivity index (χ1n) is 7.74. The van der Waals surface area contributed by atoms with Crippen molar-refractivity contribution in [1.29, 1.82) is 0 Å². The Morgan fingerprint density at radius 1 is 0.409 bits per heavy atom. The van der Waals surface area contributed by atoms with E-state index in [-0.39, 0.29) is 0 Å². The molecular weight excluding hydrogens is 266 g/mol.